The number of aromatic carboxylic acids is 1. The van der Waals surface area contributed by atoms with Gasteiger partial charge in [-0.15, -0.1) is 0 Å². The third-order valence-electron chi connectivity index (χ3n) is 3.37. The van der Waals surface area contributed by atoms with Crippen molar-refractivity contribution in [2.45, 2.75) is 63.4 Å². The monoisotopic (exact) mass is 316 g/mol. The molecule has 0 radical (unpaired) electrons. The van der Waals surface area contributed by atoms with E-state index in [1.165, 1.54) is 37.8 Å². The molecule has 0 atom stereocenters. The van der Waals surface area contributed by atoms with Gasteiger partial charge in [0.15, 0.2) is 0 Å². The molecule has 0 aliphatic carbocycles. The summed E-state index contributed by atoms with van der Waals surface area (Å²) in [4.78, 5) is 10.7. The van der Waals surface area contributed by atoms with Gasteiger partial charge in [-0.3, -0.25) is 0 Å². The van der Waals surface area contributed by atoms with Crippen LogP contribution in [-0.2, 0) is 9.84 Å². The maximum absolute atomic E-state index is 12.0. The van der Waals surface area contributed by atoms with Gasteiger partial charge in [-0.2, -0.15) is 0 Å². The Kier molecular flexibility index (Phi) is 7.50. The van der Waals surface area contributed by atoms with E-state index in [9.17, 15) is 13.2 Å². The van der Waals surface area contributed by atoms with Crippen LogP contribution in [0.2, 0.25) is 0 Å². The average molecular weight is 316 g/mol. The van der Waals surface area contributed by atoms with Gasteiger partial charge in [-0.1, -0.05) is 51.9 Å². The van der Waals surface area contributed by atoms with Crippen molar-refractivity contribution >= 4 is 15.8 Å². The van der Waals surface area contributed by atoms with Crippen LogP contribution in [0.25, 0.3) is 0 Å². The van der Waals surface area contributed by atoms with Gasteiger partial charge in [-0.25, -0.2) is 13.2 Å². The largest absolute Gasteiger partial charge is 0.475 e. The minimum Gasteiger partial charge on any atom is -0.475 e. The summed E-state index contributed by atoms with van der Waals surface area (Å²) in [6.45, 7) is 2.18. The van der Waals surface area contributed by atoms with Gasteiger partial charge in [0.25, 0.3) is 0 Å². The minimum absolute atomic E-state index is 0.00846. The first-order valence-corrected chi connectivity index (χ1v) is 9.18. The molecule has 0 amide bonds. The molecule has 0 fully saturated rings. The number of hydrogen-bond acceptors (Lipinski definition) is 4. The van der Waals surface area contributed by atoms with Crippen molar-refractivity contribution in [3.63, 3.8) is 0 Å². The molecular weight excluding hydrogens is 292 g/mol. The number of carboxylic acids is 1. The lowest BCUT2D eigenvalue weighted by Gasteiger charge is -2.02. The van der Waals surface area contributed by atoms with Crippen LogP contribution >= 0.6 is 0 Å². The van der Waals surface area contributed by atoms with Crippen molar-refractivity contribution in [1.29, 1.82) is 0 Å². The van der Waals surface area contributed by atoms with Gasteiger partial charge < -0.3 is 9.52 Å². The fraction of sp³-hybridized carbons (Fsp3) is 0.667. The van der Waals surface area contributed by atoms with Crippen LogP contribution in [0.3, 0.4) is 0 Å². The SMILES string of the molecule is CCCCCCCCCCS(=O)(=O)c1ccc(C(=O)O)o1. The molecule has 1 heterocycles. The van der Waals surface area contributed by atoms with Crippen LogP contribution < -0.4 is 0 Å². The Morgan fingerprint density at radius 2 is 1.62 bits per heavy atom. The molecule has 120 valence electrons. The summed E-state index contributed by atoms with van der Waals surface area (Å²) in [7, 11) is -3.50. The van der Waals surface area contributed by atoms with E-state index in [4.69, 9.17) is 9.52 Å². The van der Waals surface area contributed by atoms with Crippen molar-refractivity contribution in [2.24, 2.45) is 0 Å². The zero-order valence-corrected chi connectivity index (χ0v) is 13.3. The van der Waals surface area contributed by atoms with Crippen LogP contribution in [0.4, 0.5) is 0 Å². The lowest BCUT2D eigenvalue weighted by atomic mass is 10.1. The molecule has 0 spiro atoms. The summed E-state index contributed by atoms with van der Waals surface area (Å²) in [5.74, 6) is -1.60. The number of hydrogen-bond donors (Lipinski definition) is 1. The Balaban J connectivity index is 2.28. The molecule has 1 aromatic rings. The Hall–Kier alpha value is -1.30. The van der Waals surface area contributed by atoms with Crippen molar-refractivity contribution in [3.05, 3.63) is 17.9 Å². The van der Waals surface area contributed by atoms with Gasteiger partial charge >= 0.3 is 5.97 Å². The standard InChI is InChI=1S/C15H24O5S/c1-2-3-4-5-6-7-8-9-12-21(18,19)14-11-10-13(20-14)15(16)17/h10-11H,2-9,12H2,1H3,(H,16,17). The van der Waals surface area contributed by atoms with E-state index in [1.807, 2.05) is 0 Å². The Labute approximate surface area is 126 Å². The first-order valence-electron chi connectivity index (χ1n) is 7.53. The van der Waals surface area contributed by atoms with Gasteiger partial charge in [0, 0.05) is 0 Å². The smallest absolute Gasteiger partial charge is 0.371 e. The molecule has 5 nitrogen and oxygen atoms in total. The highest BCUT2D eigenvalue weighted by Crippen LogP contribution is 2.17. The summed E-state index contributed by atoms with van der Waals surface area (Å²) in [6.07, 6.45) is 8.58. The fourth-order valence-electron chi connectivity index (χ4n) is 2.13. The second-order valence-corrected chi connectivity index (χ2v) is 7.26. The summed E-state index contributed by atoms with van der Waals surface area (Å²) >= 11 is 0. The molecule has 0 aliphatic rings. The number of sulfone groups is 1. The molecule has 0 bridgehead atoms. The van der Waals surface area contributed by atoms with Gasteiger partial charge in [-0.05, 0) is 18.6 Å². The van der Waals surface area contributed by atoms with Crippen LogP contribution in [0.1, 0.15) is 68.8 Å². The zero-order valence-electron chi connectivity index (χ0n) is 12.5. The molecule has 1 aromatic heterocycles. The normalized spacial score (nSPS) is 11.7. The molecule has 0 saturated carbocycles. The number of rotatable bonds is 11. The third kappa shape index (κ3) is 6.33. The highest BCUT2D eigenvalue weighted by Gasteiger charge is 2.20. The summed E-state index contributed by atoms with van der Waals surface area (Å²) in [6, 6.07) is 2.38. The quantitative estimate of drug-likeness (QED) is 0.626. The molecule has 6 heteroatoms. The highest BCUT2D eigenvalue weighted by atomic mass is 32.2. The topological polar surface area (TPSA) is 84.6 Å². The van der Waals surface area contributed by atoms with Crippen LogP contribution in [0, 0.1) is 0 Å². The number of carbonyl (C=O) groups is 1. The Bertz CT molecular complexity index is 530. The lowest BCUT2D eigenvalue weighted by Crippen LogP contribution is -2.06. The molecule has 0 saturated heterocycles. The maximum atomic E-state index is 12.0. The van der Waals surface area contributed by atoms with E-state index < -0.39 is 15.8 Å². The van der Waals surface area contributed by atoms with Crippen LogP contribution in [-0.4, -0.2) is 25.2 Å². The molecule has 0 aliphatic heterocycles. The number of unbranched alkanes of at least 4 members (excludes halogenated alkanes) is 7. The predicted octanol–water partition coefficient (Wildman–Crippen LogP) is 3.89. The summed E-state index contributed by atoms with van der Waals surface area (Å²) in [5.41, 5.74) is 0. The van der Waals surface area contributed by atoms with E-state index in [-0.39, 0.29) is 16.6 Å². The number of furan rings is 1. The van der Waals surface area contributed by atoms with E-state index in [0.29, 0.717) is 6.42 Å². The zero-order chi connectivity index (χ0) is 15.7. The van der Waals surface area contributed by atoms with E-state index in [0.717, 1.165) is 19.3 Å². The second kappa shape index (κ2) is 8.87. The Morgan fingerprint density at radius 1 is 1.05 bits per heavy atom. The maximum Gasteiger partial charge on any atom is 0.371 e. The molecule has 1 N–H and O–H groups in total. The van der Waals surface area contributed by atoms with Crippen LogP contribution in [0.15, 0.2) is 21.6 Å². The predicted molar refractivity (Wildman–Crippen MR) is 80.3 cm³/mol. The van der Waals surface area contributed by atoms with E-state index in [1.54, 1.807) is 0 Å². The summed E-state index contributed by atoms with van der Waals surface area (Å²) in [5, 5.41) is 8.46. The molecule has 1 rings (SSSR count). The molecular formula is C15H24O5S. The average Bonchev–Trinajstić information content (AvgIpc) is 2.92. The first kappa shape index (κ1) is 17.8. The van der Waals surface area contributed by atoms with Crippen molar-refractivity contribution in [1.82, 2.24) is 0 Å². The molecule has 0 unspecified atom stereocenters. The number of carboxylic acid groups (broad SMARTS) is 1. The molecule has 21 heavy (non-hydrogen) atoms. The third-order valence-corrected chi connectivity index (χ3v) is 5.02. The fourth-order valence-corrected chi connectivity index (χ4v) is 3.41. The van der Waals surface area contributed by atoms with Crippen LogP contribution in [0.5, 0.6) is 0 Å². The Morgan fingerprint density at radius 3 is 2.14 bits per heavy atom. The van der Waals surface area contributed by atoms with Gasteiger partial charge in [0.2, 0.25) is 20.7 Å². The summed E-state index contributed by atoms with van der Waals surface area (Å²) < 4.78 is 28.8. The van der Waals surface area contributed by atoms with E-state index >= 15 is 0 Å². The first-order chi connectivity index (χ1) is 9.97. The van der Waals surface area contributed by atoms with Gasteiger partial charge in [0.05, 0.1) is 5.75 Å². The second-order valence-electron chi connectivity index (χ2n) is 5.22. The lowest BCUT2D eigenvalue weighted by molar-refractivity contribution is 0.0656. The van der Waals surface area contributed by atoms with Crippen molar-refractivity contribution in [3.8, 4) is 0 Å². The highest BCUT2D eigenvalue weighted by molar-refractivity contribution is 7.91. The van der Waals surface area contributed by atoms with E-state index in [2.05, 4.69) is 6.92 Å². The molecule has 0 aromatic carbocycles. The minimum atomic E-state index is -3.50. The van der Waals surface area contributed by atoms with Crippen molar-refractivity contribution in [2.75, 3.05) is 5.75 Å². The van der Waals surface area contributed by atoms with Crippen molar-refractivity contribution < 1.29 is 22.7 Å². The van der Waals surface area contributed by atoms with Gasteiger partial charge in [0.1, 0.15) is 0 Å².